The van der Waals surface area contributed by atoms with E-state index in [1.165, 1.54) is 20.2 Å². The van der Waals surface area contributed by atoms with Crippen LogP contribution in [0, 0.1) is 0 Å². The number of furan rings is 2. The van der Waals surface area contributed by atoms with E-state index < -0.39 is 0 Å². The molecule has 0 spiro atoms. The zero-order valence-electron chi connectivity index (χ0n) is 33.8. The van der Waals surface area contributed by atoms with Gasteiger partial charge in [0.1, 0.15) is 0 Å². The van der Waals surface area contributed by atoms with E-state index in [2.05, 4.69) is 85.6 Å². The minimum Gasteiger partial charge on any atom is -0.461 e. The first-order chi connectivity index (χ1) is 31.5. The maximum Gasteiger partial charge on any atom is 0.225 e. The smallest absolute Gasteiger partial charge is 0.225 e. The van der Waals surface area contributed by atoms with Crippen LogP contribution in [0.2, 0.25) is 0 Å². The lowest BCUT2D eigenvalue weighted by Gasteiger charge is -2.07. The molecule has 0 amide bonds. The van der Waals surface area contributed by atoms with Crippen molar-refractivity contribution in [3.63, 3.8) is 0 Å². The number of fused-ring (bicyclic) bond motifs is 6. The third-order valence-electron chi connectivity index (χ3n) is 10.6. The van der Waals surface area contributed by atoms with Crippen LogP contribution >= 0.6 is 0 Å². The zero-order valence-corrected chi connectivity index (χ0v) is 33.8. The summed E-state index contributed by atoms with van der Waals surface area (Å²) in [6.07, 6.45) is 15.1. The molecule has 19 nitrogen and oxygen atoms in total. The van der Waals surface area contributed by atoms with Gasteiger partial charge in [-0.2, -0.15) is 29.2 Å². The van der Waals surface area contributed by atoms with Crippen LogP contribution in [0.15, 0.2) is 150 Å². The Kier molecular flexibility index (Phi) is 9.49. The number of pyridine rings is 1. The predicted octanol–water partition coefficient (Wildman–Crippen LogP) is 6.64. The summed E-state index contributed by atoms with van der Waals surface area (Å²) in [6, 6.07) is 29.7. The summed E-state index contributed by atoms with van der Waals surface area (Å²) in [6.45, 7) is 1.30. The molecule has 64 heavy (non-hydrogen) atoms. The molecular weight excluding hydrogens is 811 g/mol. The van der Waals surface area contributed by atoms with Gasteiger partial charge in [-0.1, -0.05) is 48.5 Å². The highest BCUT2D eigenvalue weighted by atomic mass is 16.3. The number of nitrogens with zero attached hydrogens (tertiary/aromatic N) is 15. The second kappa shape index (κ2) is 16.0. The van der Waals surface area contributed by atoms with Crippen molar-refractivity contribution in [2.45, 2.75) is 25.9 Å². The van der Waals surface area contributed by atoms with Gasteiger partial charge in [0.05, 0.1) is 53.3 Å². The summed E-state index contributed by atoms with van der Waals surface area (Å²) < 4.78 is 17.5. The maximum atomic E-state index is 6.18. The minimum atomic E-state index is 0.243. The van der Waals surface area contributed by atoms with Gasteiger partial charge < -0.3 is 20.3 Å². The lowest BCUT2D eigenvalue weighted by molar-refractivity contribution is 0.577. The number of hydrogen-bond donors (Lipinski definition) is 2. The molecule has 4 N–H and O–H groups in total. The highest BCUT2D eigenvalue weighted by Gasteiger charge is 2.19. The summed E-state index contributed by atoms with van der Waals surface area (Å²) in [7, 11) is 0. The average Bonchev–Trinajstić information content (AvgIpc) is 4.20. The molecule has 0 saturated carbocycles. The molecule has 0 radical (unpaired) electrons. The zero-order chi connectivity index (χ0) is 43.0. The molecule has 0 atom stereocenters. The molecule has 10 aromatic heterocycles. The summed E-state index contributed by atoms with van der Waals surface area (Å²) >= 11 is 0. The van der Waals surface area contributed by atoms with Crippen molar-refractivity contribution in [3.05, 3.63) is 152 Å². The molecule has 12 aromatic rings. The number of nitrogen functional groups attached to an aromatic ring is 2. The minimum absolute atomic E-state index is 0.243. The Bertz CT molecular complexity index is 3520. The first kappa shape index (κ1) is 37.8. The van der Waals surface area contributed by atoms with E-state index in [0.717, 1.165) is 46.1 Å². The third-order valence-corrected chi connectivity index (χ3v) is 10.6. The molecular formula is C45H35N17O2. The molecule has 0 aliphatic heterocycles. The predicted molar refractivity (Wildman–Crippen MR) is 237 cm³/mol. The van der Waals surface area contributed by atoms with Gasteiger partial charge in [0.2, 0.25) is 23.5 Å². The maximum absolute atomic E-state index is 6.18. The molecule has 2 aromatic carbocycles. The number of rotatable bonds is 10. The van der Waals surface area contributed by atoms with Crippen molar-refractivity contribution in [2.75, 3.05) is 11.5 Å². The Morgan fingerprint density at radius 1 is 0.500 bits per heavy atom. The Morgan fingerprint density at radius 3 is 1.69 bits per heavy atom. The second-order valence-corrected chi connectivity index (χ2v) is 14.6. The molecule has 312 valence electrons. The summed E-state index contributed by atoms with van der Waals surface area (Å²) in [5.74, 6) is 2.53. The van der Waals surface area contributed by atoms with Gasteiger partial charge >= 0.3 is 0 Å². The van der Waals surface area contributed by atoms with Crippen molar-refractivity contribution < 1.29 is 8.83 Å². The summed E-state index contributed by atoms with van der Waals surface area (Å²) in [5, 5.41) is 19.5. The van der Waals surface area contributed by atoms with Crippen molar-refractivity contribution in [3.8, 4) is 45.7 Å². The normalized spacial score (nSPS) is 11.5. The van der Waals surface area contributed by atoms with Crippen LogP contribution in [0.4, 0.5) is 11.9 Å². The molecule has 0 unspecified atom stereocenters. The number of nitrogens with two attached hydrogens (primary N) is 2. The fourth-order valence-corrected chi connectivity index (χ4v) is 7.44. The van der Waals surface area contributed by atoms with Crippen LogP contribution in [-0.4, -0.2) is 73.7 Å². The van der Waals surface area contributed by atoms with Gasteiger partial charge in [-0.3, -0.25) is 15.0 Å². The molecule has 12 rings (SSSR count). The van der Waals surface area contributed by atoms with Crippen LogP contribution < -0.4 is 11.5 Å². The van der Waals surface area contributed by atoms with Crippen molar-refractivity contribution in [2.24, 2.45) is 0 Å². The topological polar surface area (TPSA) is 239 Å². The number of benzene rings is 2. The van der Waals surface area contributed by atoms with E-state index >= 15 is 0 Å². The highest BCUT2D eigenvalue weighted by molar-refractivity contribution is 5.91. The van der Waals surface area contributed by atoms with Gasteiger partial charge in [-0.25, -0.2) is 19.3 Å². The lowest BCUT2D eigenvalue weighted by atomic mass is 10.1. The summed E-state index contributed by atoms with van der Waals surface area (Å²) in [4.78, 5) is 31.1. The third kappa shape index (κ3) is 7.17. The van der Waals surface area contributed by atoms with E-state index in [1.54, 1.807) is 74.0 Å². The standard InChI is InChI=1S/C23H18N8O.C22H17N9O/c24-23-28-21-17(22-27-20(29-31(22)23)19-8-4-12-32-19)14-26-30(21)11-9-15-5-3-6-16(13-15)18-7-1-2-10-25-18;23-22-28-20-16(21-27-19(29-31(21)22)18-2-1-11-32-18)12-26-30(20)10-7-14-3-5-15(6-4-14)17-13-24-8-9-25-17/h1-8,10,12-14H,9,11H2,(H2,24,28);1-6,8-9,11-13H,7,10H2,(H2,23,28). The Morgan fingerprint density at radius 2 is 1.12 bits per heavy atom. The first-order valence-corrected chi connectivity index (χ1v) is 20.2. The van der Waals surface area contributed by atoms with E-state index in [9.17, 15) is 0 Å². The van der Waals surface area contributed by atoms with Crippen LogP contribution in [0.25, 0.3) is 79.0 Å². The molecule has 0 aliphatic carbocycles. The van der Waals surface area contributed by atoms with Crippen LogP contribution in [0.5, 0.6) is 0 Å². The number of hydrogen-bond acceptors (Lipinski definition) is 15. The van der Waals surface area contributed by atoms with E-state index in [4.69, 9.17) is 20.3 Å². The van der Waals surface area contributed by atoms with Crippen LogP contribution in [0.1, 0.15) is 11.1 Å². The van der Waals surface area contributed by atoms with Gasteiger partial charge in [0.15, 0.2) is 34.1 Å². The molecule has 10 heterocycles. The molecule has 0 saturated heterocycles. The molecule has 19 heteroatoms. The fraction of sp³-hybridized carbons (Fsp3) is 0.0889. The Balaban J connectivity index is 0.000000143. The van der Waals surface area contributed by atoms with E-state index in [0.29, 0.717) is 58.8 Å². The Hall–Kier alpha value is -9.13. The van der Waals surface area contributed by atoms with Gasteiger partial charge in [-0.15, -0.1) is 10.2 Å². The van der Waals surface area contributed by atoms with E-state index in [1.807, 2.05) is 45.8 Å². The van der Waals surface area contributed by atoms with E-state index in [-0.39, 0.29) is 11.9 Å². The van der Waals surface area contributed by atoms with Crippen molar-refractivity contribution in [1.29, 1.82) is 0 Å². The molecule has 0 bridgehead atoms. The van der Waals surface area contributed by atoms with Crippen LogP contribution in [0.3, 0.4) is 0 Å². The van der Waals surface area contributed by atoms with Crippen LogP contribution in [-0.2, 0) is 25.9 Å². The van der Waals surface area contributed by atoms with Crippen molar-refractivity contribution in [1.82, 2.24) is 73.7 Å². The van der Waals surface area contributed by atoms with Crippen molar-refractivity contribution >= 4 is 45.3 Å². The SMILES string of the molecule is Nc1nc2c(cnn2CCc2ccc(-c3cnccn3)cc2)c2nc(-c3ccco3)nn12.Nc1nc2c(cnn2CCc2cccc(-c3ccccn3)c2)c2nc(-c3ccco3)nn12. The molecule has 0 aliphatic rings. The fourth-order valence-electron chi connectivity index (χ4n) is 7.44. The van der Waals surface area contributed by atoms with Gasteiger partial charge in [-0.05, 0) is 66.4 Å². The largest absolute Gasteiger partial charge is 0.461 e. The molecule has 0 fully saturated rings. The van der Waals surface area contributed by atoms with Gasteiger partial charge in [0.25, 0.3) is 0 Å². The average molecular weight is 846 g/mol. The monoisotopic (exact) mass is 845 g/mol. The number of anilines is 2. The highest BCUT2D eigenvalue weighted by Crippen LogP contribution is 2.26. The first-order valence-electron chi connectivity index (χ1n) is 20.2. The lowest BCUT2D eigenvalue weighted by Crippen LogP contribution is -2.07. The summed E-state index contributed by atoms with van der Waals surface area (Å²) in [5.41, 5.74) is 21.2. The quantitative estimate of drug-likeness (QED) is 0.147. The Labute approximate surface area is 361 Å². The number of aryl methyl sites for hydroxylation is 4. The van der Waals surface area contributed by atoms with Gasteiger partial charge in [0, 0.05) is 42.8 Å². The number of aromatic nitrogens is 15. The second-order valence-electron chi connectivity index (χ2n) is 14.6.